The van der Waals surface area contributed by atoms with Crippen molar-refractivity contribution in [1.82, 2.24) is 20.9 Å². The summed E-state index contributed by atoms with van der Waals surface area (Å²) in [5.41, 5.74) is 1.50. The highest BCUT2D eigenvalue weighted by Crippen LogP contribution is 2.18. The van der Waals surface area contributed by atoms with Gasteiger partial charge in [0.15, 0.2) is 0 Å². The van der Waals surface area contributed by atoms with E-state index < -0.39 is 0 Å². The number of aryl methyl sites for hydroxylation is 1. The molecule has 2 rings (SSSR count). The number of carbonyl (C=O) groups is 1. The van der Waals surface area contributed by atoms with Crippen LogP contribution < -0.4 is 10.6 Å². The van der Waals surface area contributed by atoms with E-state index in [-0.39, 0.29) is 5.91 Å². The molecule has 0 aliphatic heterocycles. The van der Waals surface area contributed by atoms with Crippen LogP contribution in [-0.2, 0) is 11.3 Å². The number of aromatic nitrogens is 2. The lowest BCUT2D eigenvalue weighted by Gasteiger charge is -2.03. The second kappa shape index (κ2) is 4.39. The Bertz CT molecular complexity index is 346. The van der Waals surface area contributed by atoms with E-state index in [2.05, 4.69) is 25.6 Å². The number of hydrogen-bond acceptors (Lipinski definition) is 5. The number of carbonyl (C=O) groups excluding carboxylic acids is 1. The summed E-state index contributed by atoms with van der Waals surface area (Å²) in [6.45, 7) is 2.63. The Hall–Kier alpha value is -1.43. The van der Waals surface area contributed by atoms with Crippen molar-refractivity contribution in [2.75, 3.05) is 6.54 Å². The average molecular weight is 210 g/mol. The largest absolute Gasteiger partial charge is 0.352 e. The predicted octanol–water partition coefficient (Wildman–Crippen LogP) is -0.254. The molecule has 6 nitrogen and oxygen atoms in total. The molecule has 82 valence electrons. The summed E-state index contributed by atoms with van der Waals surface area (Å²) in [5.74, 6) is 0.0339. The van der Waals surface area contributed by atoms with E-state index in [1.54, 1.807) is 0 Å². The van der Waals surface area contributed by atoms with Crippen LogP contribution in [0.1, 0.15) is 24.2 Å². The molecule has 1 aromatic rings. The maximum atomic E-state index is 11.3. The fraction of sp³-hybridized carbons (Fsp3) is 0.667. The Labute approximate surface area is 87.4 Å². The summed E-state index contributed by atoms with van der Waals surface area (Å²) in [6.07, 6.45) is 2.22. The van der Waals surface area contributed by atoms with Crippen LogP contribution in [-0.4, -0.2) is 28.8 Å². The normalized spacial score (nSPS) is 15.3. The topological polar surface area (TPSA) is 80.1 Å². The van der Waals surface area contributed by atoms with Gasteiger partial charge in [-0.3, -0.25) is 4.79 Å². The minimum atomic E-state index is 0.0339. The molecule has 0 unspecified atom stereocenters. The molecule has 1 amide bonds. The molecule has 1 saturated carbocycles. The van der Waals surface area contributed by atoms with Gasteiger partial charge in [0.2, 0.25) is 5.91 Å². The van der Waals surface area contributed by atoms with E-state index in [1.165, 1.54) is 0 Å². The fourth-order valence-electron chi connectivity index (χ4n) is 1.21. The van der Waals surface area contributed by atoms with Crippen molar-refractivity contribution < 1.29 is 9.42 Å². The number of amides is 1. The van der Waals surface area contributed by atoms with Crippen LogP contribution in [0.15, 0.2) is 4.63 Å². The Morgan fingerprint density at radius 3 is 2.93 bits per heavy atom. The maximum Gasteiger partial charge on any atom is 0.234 e. The molecule has 1 aliphatic rings. The summed E-state index contributed by atoms with van der Waals surface area (Å²) in [5, 5.41) is 13.2. The molecule has 0 atom stereocenters. The second-order valence-corrected chi connectivity index (χ2v) is 3.74. The van der Waals surface area contributed by atoms with E-state index in [0.717, 1.165) is 24.2 Å². The predicted molar refractivity (Wildman–Crippen MR) is 51.9 cm³/mol. The van der Waals surface area contributed by atoms with Gasteiger partial charge in [-0.2, -0.15) is 0 Å². The third kappa shape index (κ3) is 3.02. The molecule has 1 fully saturated rings. The first-order valence-corrected chi connectivity index (χ1v) is 5.04. The zero-order valence-corrected chi connectivity index (χ0v) is 8.62. The molecule has 0 saturated heterocycles. The summed E-state index contributed by atoms with van der Waals surface area (Å²) >= 11 is 0. The number of nitrogens with one attached hydrogen (secondary N) is 2. The zero-order chi connectivity index (χ0) is 10.7. The molecule has 0 spiro atoms. The first-order chi connectivity index (χ1) is 7.25. The fourth-order valence-corrected chi connectivity index (χ4v) is 1.21. The minimum Gasteiger partial charge on any atom is -0.352 e. The molecule has 1 heterocycles. The summed E-state index contributed by atoms with van der Waals surface area (Å²) < 4.78 is 4.54. The van der Waals surface area contributed by atoms with Crippen LogP contribution in [0.3, 0.4) is 0 Å². The lowest BCUT2D eigenvalue weighted by molar-refractivity contribution is -0.120. The summed E-state index contributed by atoms with van der Waals surface area (Å²) in [7, 11) is 0. The molecule has 2 N–H and O–H groups in total. The van der Waals surface area contributed by atoms with Gasteiger partial charge >= 0.3 is 0 Å². The van der Waals surface area contributed by atoms with Crippen LogP contribution in [0.2, 0.25) is 0 Å². The molecule has 0 bridgehead atoms. The standard InChI is InChI=1S/C9H14N4O2/c1-6-8(13-15-12-6)4-10-5-9(14)11-7-2-3-7/h7,10H,2-5H2,1H3,(H,11,14). The first kappa shape index (κ1) is 10.1. The van der Waals surface area contributed by atoms with Crippen molar-refractivity contribution in [2.24, 2.45) is 0 Å². The van der Waals surface area contributed by atoms with Gasteiger partial charge in [0.05, 0.1) is 6.54 Å². The summed E-state index contributed by atoms with van der Waals surface area (Å²) in [4.78, 5) is 11.3. The molecule has 1 aliphatic carbocycles. The lowest BCUT2D eigenvalue weighted by atomic mass is 10.3. The van der Waals surface area contributed by atoms with Crippen LogP contribution in [0.5, 0.6) is 0 Å². The number of rotatable bonds is 5. The molecule has 15 heavy (non-hydrogen) atoms. The van der Waals surface area contributed by atoms with Gasteiger partial charge in [-0.05, 0) is 19.8 Å². The molecular formula is C9H14N4O2. The van der Waals surface area contributed by atoms with Crippen molar-refractivity contribution in [3.8, 4) is 0 Å². The van der Waals surface area contributed by atoms with Crippen LogP contribution in [0.25, 0.3) is 0 Å². The minimum absolute atomic E-state index is 0.0339. The van der Waals surface area contributed by atoms with Gasteiger partial charge in [0, 0.05) is 12.6 Å². The van der Waals surface area contributed by atoms with Gasteiger partial charge in [-0.25, -0.2) is 4.63 Å². The highest BCUT2D eigenvalue weighted by molar-refractivity contribution is 5.78. The quantitative estimate of drug-likeness (QED) is 0.700. The number of hydrogen-bond donors (Lipinski definition) is 2. The van der Waals surface area contributed by atoms with Crippen LogP contribution in [0, 0.1) is 6.92 Å². The molecule has 0 radical (unpaired) electrons. The zero-order valence-electron chi connectivity index (χ0n) is 8.62. The third-order valence-electron chi connectivity index (χ3n) is 2.27. The molecular weight excluding hydrogens is 196 g/mol. The van der Waals surface area contributed by atoms with E-state index >= 15 is 0 Å². The van der Waals surface area contributed by atoms with E-state index in [1.807, 2.05) is 6.92 Å². The van der Waals surface area contributed by atoms with Crippen molar-refractivity contribution >= 4 is 5.91 Å². The lowest BCUT2D eigenvalue weighted by Crippen LogP contribution is -2.34. The molecule has 6 heteroatoms. The van der Waals surface area contributed by atoms with E-state index in [9.17, 15) is 4.79 Å². The molecule has 0 aromatic carbocycles. The van der Waals surface area contributed by atoms with Crippen LogP contribution >= 0.6 is 0 Å². The highest BCUT2D eigenvalue weighted by Gasteiger charge is 2.22. The van der Waals surface area contributed by atoms with Gasteiger partial charge in [-0.15, -0.1) is 0 Å². The van der Waals surface area contributed by atoms with E-state index in [0.29, 0.717) is 19.1 Å². The monoisotopic (exact) mass is 210 g/mol. The van der Waals surface area contributed by atoms with Crippen molar-refractivity contribution in [2.45, 2.75) is 32.4 Å². The van der Waals surface area contributed by atoms with Crippen molar-refractivity contribution in [3.63, 3.8) is 0 Å². The van der Waals surface area contributed by atoms with E-state index in [4.69, 9.17) is 0 Å². The Morgan fingerprint density at radius 2 is 2.33 bits per heavy atom. The van der Waals surface area contributed by atoms with Gasteiger partial charge in [0.25, 0.3) is 0 Å². The van der Waals surface area contributed by atoms with Crippen LogP contribution in [0.4, 0.5) is 0 Å². The van der Waals surface area contributed by atoms with Crippen molar-refractivity contribution in [1.29, 1.82) is 0 Å². The first-order valence-electron chi connectivity index (χ1n) is 5.04. The Kier molecular flexibility index (Phi) is 2.96. The Balaban J connectivity index is 1.65. The summed E-state index contributed by atoms with van der Waals surface area (Å²) in [6, 6.07) is 0.412. The van der Waals surface area contributed by atoms with Crippen molar-refractivity contribution in [3.05, 3.63) is 11.4 Å². The average Bonchev–Trinajstić information content (AvgIpc) is 2.91. The smallest absolute Gasteiger partial charge is 0.234 e. The maximum absolute atomic E-state index is 11.3. The van der Waals surface area contributed by atoms with Gasteiger partial charge in [0.1, 0.15) is 11.4 Å². The highest BCUT2D eigenvalue weighted by atomic mass is 16.6. The van der Waals surface area contributed by atoms with Gasteiger partial charge in [-0.1, -0.05) is 10.3 Å². The Morgan fingerprint density at radius 1 is 1.53 bits per heavy atom. The van der Waals surface area contributed by atoms with Gasteiger partial charge < -0.3 is 10.6 Å². The molecule has 1 aromatic heterocycles. The third-order valence-corrected chi connectivity index (χ3v) is 2.27. The SMILES string of the molecule is Cc1nonc1CNCC(=O)NC1CC1. The second-order valence-electron chi connectivity index (χ2n) is 3.74. The number of nitrogens with zero attached hydrogens (tertiary/aromatic N) is 2.